The highest BCUT2D eigenvalue weighted by atomic mass is 14.9. The van der Waals surface area contributed by atoms with Crippen LogP contribution in [0.15, 0.2) is 85.3 Å². The number of hydrogen-bond donors (Lipinski definition) is 1. The Balaban J connectivity index is 1.69. The molecule has 0 aliphatic carbocycles. The Morgan fingerprint density at radius 2 is 1.43 bits per heavy atom. The number of nitrogens with one attached hydrogen (secondary N) is 1. The molecule has 0 radical (unpaired) electrons. The lowest BCUT2D eigenvalue weighted by atomic mass is 10.1. The van der Waals surface area contributed by atoms with Gasteiger partial charge < -0.3 is 5.32 Å². The van der Waals surface area contributed by atoms with Gasteiger partial charge in [-0.3, -0.25) is 9.97 Å². The van der Waals surface area contributed by atoms with Gasteiger partial charge in [-0.15, -0.1) is 0 Å². The van der Waals surface area contributed by atoms with E-state index < -0.39 is 0 Å². The molecule has 4 aromatic rings. The molecule has 2 heterocycles. The van der Waals surface area contributed by atoms with Crippen molar-refractivity contribution in [1.82, 2.24) is 9.97 Å². The van der Waals surface area contributed by atoms with Gasteiger partial charge in [0.2, 0.25) is 0 Å². The van der Waals surface area contributed by atoms with E-state index in [1.54, 1.807) is 0 Å². The van der Waals surface area contributed by atoms with E-state index in [4.69, 9.17) is 0 Å². The quantitative estimate of drug-likeness (QED) is 0.575. The number of benzene rings is 2. The molecule has 0 saturated carbocycles. The molecule has 0 saturated heterocycles. The van der Waals surface area contributed by atoms with Gasteiger partial charge in [0.1, 0.15) is 0 Å². The first-order chi connectivity index (χ1) is 11.4. The van der Waals surface area contributed by atoms with Crippen molar-refractivity contribution in [2.45, 2.75) is 0 Å². The lowest BCUT2D eigenvalue weighted by Crippen LogP contribution is -1.92. The highest BCUT2D eigenvalue weighted by Gasteiger charge is 2.03. The average Bonchev–Trinajstić information content (AvgIpc) is 2.62. The molecule has 0 spiro atoms. The van der Waals surface area contributed by atoms with Gasteiger partial charge in [0.25, 0.3) is 0 Å². The van der Waals surface area contributed by atoms with Gasteiger partial charge in [-0.1, -0.05) is 36.4 Å². The van der Waals surface area contributed by atoms with E-state index in [1.807, 2.05) is 67.1 Å². The predicted molar refractivity (Wildman–Crippen MR) is 94.7 cm³/mol. The Morgan fingerprint density at radius 3 is 2.35 bits per heavy atom. The van der Waals surface area contributed by atoms with Gasteiger partial charge in [-0.05, 0) is 30.3 Å². The predicted octanol–water partition coefficient (Wildman–Crippen LogP) is 5.04. The molecule has 0 aliphatic rings. The molecule has 0 bridgehead atoms. The maximum absolute atomic E-state index is 4.52. The minimum atomic E-state index is 0.960. The highest BCUT2D eigenvalue weighted by molar-refractivity contribution is 5.83. The zero-order valence-corrected chi connectivity index (χ0v) is 12.5. The van der Waals surface area contributed by atoms with Crippen LogP contribution in [-0.4, -0.2) is 9.97 Å². The molecule has 2 aromatic heterocycles. The number of nitrogens with zero attached hydrogens (tertiary/aromatic N) is 2. The number of hydrogen-bond acceptors (Lipinski definition) is 3. The Labute approximate surface area is 134 Å². The van der Waals surface area contributed by atoms with Crippen molar-refractivity contribution in [3.63, 3.8) is 0 Å². The summed E-state index contributed by atoms with van der Waals surface area (Å²) in [6.45, 7) is 0. The summed E-state index contributed by atoms with van der Waals surface area (Å²) < 4.78 is 0. The monoisotopic (exact) mass is 297 g/mol. The molecule has 2 aromatic carbocycles. The van der Waals surface area contributed by atoms with E-state index >= 15 is 0 Å². The van der Waals surface area contributed by atoms with Crippen molar-refractivity contribution >= 4 is 22.3 Å². The fraction of sp³-hybridized carbons (Fsp3) is 0. The summed E-state index contributed by atoms with van der Waals surface area (Å²) in [6.07, 6.45) is 5.58. The molecule has 0 unspecified atom stereocenters. The van der Waals surface area contributed by atoms with Gasteiger partial charge in [0.05, 0.1) is 17.4 Å². The zero-order valence-electron chi connectivity index (χ0n) is 12.5. The summed E-state index contributed by atoms with van der Waals surface area (Å²) in [6, 6.07) is 22.4. The van der Waals surface area contributed by atoms with E-state index in [2.05, 4.69) is 33.5 Å². The van der Waals surface area contributed by atoms with Crippen molar-refractivity contribution in [3.05, 3.63) is 85.3 Å². The van der Waals surface area contributed by atoms with E-state index in [-0.39, 0.29) is 0 Å². The molecule has 23 heavy (non-hydrogen) atoms. The number of rotatable bonds is 3. The van der Waals surface area contributed by atoms with Crippen LogP contribution in [0.3, 0.4) is 0 Å². The van der Waals surface area contributed by atoms with Gasteiger partial charge >= 0.3 is 0 Å². The maximum atomic E-state index is 4.52. The van der Waals surface area contributed by atoms with Crippen LogP contribution in [0.1, 0.15) is 0 Å². The van der Waals surface area contributed by atoms with Crippen molar-refractivity contribution in [2.24, 2.45) is 0 Å². The third-order valence-corrected chi connectivity index (χ3v) is 3.72. The molecular weight excluding hydrogens is 282 g/mol. The van der Waals surface area contributed by atoms with Gasteiger partial charge in [0, 0.05) is 34.6 Å². The van der Waals surface area contributed by atoms with E-state index in [0.29, 0.717) is 0 Å². The maximum Gasteiger partial charge on any atom is 0.0702 e. The van der Waals surface area contributed by atoms with Crippen LogP contribution in [0.4, 0.5) is 11.4 Å². The third-order valence-electron chi connectivity index (χ3n) is 3.72. The topological polar surface area (TPSA) is 37.8 Å². The number of aromatic nitrogens is 2. The Hall–Kier alpha value is -3.20. The normalized spacial score (nSPS) is 10.6. The van der Waals surface area contributed by atoms with Crippen LogP contribution < -0.4 is 5.32 Å². The first-order valence-corrected chi connectivity index (χ1v) is 7.51. The van der Waals surface area contributed by atoms with Crippen LogP contribution in [-0.2, 0) is 0 Å². The van der Waals surface area contributed by atoms with Crippen LogP contribution in [0, 0.1) is 0 Å². The molecule has 3 heteroatoms. The fourth-order valence-corrected chi connectivity index (χ4v) is 2.58. The second-order valence-electron chi connectivity index (χ2n) is 5.37. The zero-order chi connectivity index (χ0) is 15.5. The van der Waals surface area contributed by atoms with Crippen LogP contribution in [0.5, 0.6) is 0 Å². The molecule has 0 aliphatic heterocycles. The molecular formula is C20H15N3. The Bertz CT molecular complexity index is 949. The first kappa shape index (κ1) is 13.5. The summed E-state index contributed by atoms with van der Waals surface area (Å²) in [5.74, 6) is 0. The highest BCUT2D eigenvalue weighted by Crippen LogP contribution is 2.25. The molecule has 0 atom stereocenters. The SMILES string of the molecule is c1ccc(Nc2cncc(-c3cnc4ccccc4c3)c2)cc1. The fourth-order valence-electron chi connectivity index (χ4n) is 2.58. The Morgan fingerprint density at radius 1 is 0.652 bits per heavy atom. The van der Waals surface area contributed by atoms with Gasteiger partial charge in [0.15, 0.2) is 0 Å². The summed E-state index contributed by atoms with van der Waals surface area (Å²) in [5.41, 5.74) is 5.12. The molecule has 1 N–H and O–H groups in total. The van der Waals surface area contributed by atoms with Crippen molar-refractivity contribution in [3.8, 4) is 11.1 Å². The smallest absolute Gasteiger partial charge is 0.0702 e. The molecule has 3 nitrogen and oxygen atoms in total. The van der Waals surface area contributed by atoms with E-state index in [9.17, 15) is 0 Å². The Kier molecular flexibility index (Phi) is 3.45. The summed E-state index contributed by atoms with van der Waals surface area (Å²) in [4.78, 5) is 8.87. The second kappa shape index (κ2) is 5.89. The van der Waals surface area contributed by atoms with Crippen LogP contribution in [0.25, 0.3) is 22.0 Å². The largest absolute Gasteiger partial charge is 0.354 e. The second-order valence-corrected chi connectivity index (χ2v) is 5.37. The van der Waals surface area contributed by atoms with E-state index in [0.717, 1.165) is 33.4 Å². The van der Waals surface area contributed by atoms with Crippen molar-refractivity contribution < 1.29 is 0 Å². The third kappa shape index (κ3) is 2.90. The standard InChI is InChI=1S/C20H15N3/c1-2-7-18(8-3-1)23-19-11-17(12-21-14-19)16-10-15-6-4-5-9-20(15)22-13-16/h1-14,23H. The van der Waals surface area contributed by atoms with Crippen molar-refractivity contribution in [2.75, 3.05) is 5.32 Å². The number of fused-ring (bicyclic) bond motifs is 1. The summed E-state index contributed by atoms with van der Waals surface area (Å²) in [5, 5.41) is 4.50. The molecule has 0 fully saturated rings. The number of para-hydroxylation sites is 2. The van der Waals surface area contributed by atoms with Crippen LogP contribution >= 0.6 is 0 Å². The minimum absolute atomic E-state index is 0.960. The van der Waals surface area contributed by atoms with Crippen molar-refractivity contribution in [1.29, 1.82) is 0 Å². The van der Waals surface area contributed by atoms with Crippen LogP contribution in [0.2, 0.25) is 0 Å². The first-order valence-electron chi connectivity index (χ1n) is 7.51. The lowest BCUT2D eigenvalue weighted by molar-refractivity contribution is 1.31. The van der Waals surface area contributed by atoms with E-state index in [1.165, 1.54) is 0 Å². The van der Waals surface area contributed by atoms with Gasteiger partial charge in [-0.2, -0.15) is 0 Å². The minimum Gasteiger partial charge on any atom is -0.354 e. The lowest BCUT2D eigenvalue weighted by Gasteiger charge is -2.08. The number of anilines is 2. The molecule has 4 rings (SSSR count). The van der Waals surface area contributed by atoms with Gasteiger partial charge in [-0.25, -0.2) is 0 Å². The summed E-state index contributed by atoms with van der Waals surface area (Å²) >= 11 is 0. The molecule has 110 valence electrons. The average molecular weight is 297 g/mol. The molecule has 0 amide bonds. The number of pyridine rings is 2. The summed E-state index contributed by atoms with van der Waals surface area (Å²) in [7, 11) is 0.